The van der Waals surface area contributed by atoms with E-state index < -0.39 is 5.91 Å². The number of fused-ring (bicyclic) bond motifs is 6. The number of nitrogens with one attached hydrogen (secondary N) is 1. The lowest BCUT2D eigenvalue weighted by Crippen LogP contribution is -1.97. The Hall–Kier alpha value is -5.50. The van der Waals surface area contributed by atoms with Crippen molar-refractivity contribution in [3.63, 3.8) is 0 Å². The van der Waals surface area contributed by atoms with Crippen LogP contribution in [-0.2, 0) is 9.59 Å². The van der Waals surface area contributed by atoms with Crippen LogP contribution in [0.25, 0.3) is 32.7 Å². The van der Waals surface area contributed by atoms with Gasteiger partial charge in [-0.1, -0.05) is 92.6 Å². The molecule has 6 nitrogen and oxygen atoms in total. The second-order valence-electron chi connectivity index (χ2n) is 10.3. The molecular formula is C36H26N4O2. The number of carbonyl (C=O) groups excluding carboxylic acids is 2. The van der Waals surface area contributed by atoms with Crippen molar-refractivity contribution in [3.8, 4) is 6.07 Å². The Bertz CT molecular complexity index is 2050. The number of nitrogens with zero attached hydrogens (tertiary/aromatic N) is 3. The maximum Gasteiger partial charge on any atom is 0.288 e. The zero-order chi connectivity index (χ0) is 29.4. The predicted octanol–water partition coefficient (Wildman–Crippen LogP) is 7.40. The third-order valence-electron chi connectivity index (χ3n) is 7.92. The third kappa shape index (κ3) is 4.07. The number of nitriles is 1. The van der Waals surface area contributed by atoms with Gasteiger partial charge >= 0.3 is 0 Å². The zero-order valence-electron chi connectivity index (χ0n) is 23.1. The number of hydrogen-bond acceptors (Lipinski definition) is 4. The Morgan fingerprint density at radius 1 is 0.738 bits per heavy atom. The molecule has 0 saturated carbocycles. The van der Waals surface area contributed by atoms with Crippen molar-refractivity contribution in [3.05, 3.63) is 113 Å². The SMILES string of the molecule is C=C=N.CCCCCC1=C2C(=NC1=O)c1cccc3cccc2c13.N#CC1=C2C(=NC1=O)c1cccc3cccc2c13. The molecule has 1 N–H and O–H groups in total. The van der Waals surface area contributed by atoms with Gasteiger partial charge in [0.1, 0.15) is 11.6 Å². The van der Waals surface area contributed by atoms with Crippen molar-refractivity contribution >= 4 is 61.8 Å². The summed E-state index contributed by atoms with van der Waals surface area (Å²) in [6.45, 7) is 5.09. The zero-order valence-corrected chi connectivity index (χ0v) is 23.1. The summed E-state index contributed by atoms with van der Waals surface area (Å²) in [5.74, 6) is 1.30. The van der Waals surface area contributed by atoms with Gasteiger partial charge in [-0.3, -0.25) is 15.0 Å². The number of hydrogen-bond donors (Lipinski definition) is 1. The minimum Gasteiger partial charge on any atom is -0.267 e. The lowest BCUT2D eigenvalue weighted by Gasteiger charge is -2.05. The van der Waals surface area contributed by atoms with Crippen molar-refractivity contribution < 1.29 is 9.59 Å². The fourth-order valence-electron chi connectivity index (χ4n) is 6.24. The number of carbonyl (C=O) groups is 2. The normalized spacial score (nSPS) is 15.0. The Morgan fingerprint density at radius 3 is 1.74 bits per heavy atom. The molecule has 0 atom stereocenters. The van der Waals surface area contributed by atoms with Crippen molar-refractivity contribution in [2.75, 3.05) is 0 Å². The van der Waals surface area contributed by atoms with Crippen LogP contribution in [0.3, 0.4) is 0 Å². The molecule has 4 aliphatic rings. The molecule has 0 bridgehead atoms. The van der Waals surface area contributed by atoms with Gasteiger partial charge in [-0.2, -0.15) is 5.26 Å². The van der Waals surface area contributed by atoms with E-state index in [0.717, 1.165) is 63.6 Å². The number of aliphatic imine (C=N–C) groups is 2. The molecule has 202 valence electrons. The van der Waals surface area contributed by atoms with E-state index in [-0.39, 0.29) is 11.5 Å². The molecule has 0 saturated heterocycles. The summed E-state index contributed by atoms with van der Waals surface area (Å²) in [6.07, 6.45) is 4.24. The maximum absolute atomic E-state index is 12.3. The van der Waals surface area contributed by atoms with Crippen LogP contribution in [0.4, 0.5) is 0 Å². The highest BCUT2D eigenvalue weighted by atomic mass is 16.2. The monoisotopic (exact) mass is 546 g/mol. The van der Waals surface area contributed by atoms with Crippen LogP contribution in [0.15, 0.2) is 101 Å². The number of allylic oxidation sites excluding steroid dienone is 2. The third-order valence-corrected chi connectivity index (χ3v) is 7.92. The second kappa shape index (κ2) is 10.8. The van der Waals surface area contributed by atoms with Gasteiger partial charge in [-0.25, -0.2) is 9.98 Å². The van der Waals surface area contributed by atoms with E-state index >= 15 is 0 Å². The first-order valence-corrected chi connectivity index (χ1v) is 13.9. The smallest absolute Gasteiger partial charge is 0.267 e. The van der Waals surface area contributed by atoms with Gasteiger partial charge in [0, 0.05) is 27.8 Å². The standard InChI is InChI=1S/C19H17NO.C15H6N2O.C2H3N/c1-2-3-4-9-15-17-13-10-5-7-12-8-6-11-14(16(12)13)18(17)20-19(15)21;16-7-11-13-9-5-1-3-8-4-2-6-10(12(8)9)14(13)17-15(11)18;1-2-3/h5-8,10-11H,2-4,9H2,1H3;1-6H;3H,1H2. The van der Waals surface area contributed by atoms with E-state index in [2.05, 4.69) is 53.8 Å². The van der Waals surface area contributed by atoms with Gasteiger partial charge < -0.3 is 0 Å². The van der Waals surface area contributed by atoms with Gasteiger partial charge in [-0.05, 0) is 58.0 Å². The highest BCUT2D eigenvalue weighted by Crippen LogP contribution is 2.44. The first-order valence-electron chi connectivity index (χ1n) is 13.9. The van der Waals surface area contributed by atoms with Crippen LogP contribution in [0.5, 0.6) is 0 Å². The molecule has 0 radical (unpaired) electrons. The van der Waals surface area contributed by atoms with E-state index in [9.17, 15) is 9.59 Å². The van der Waals surface area contributed by atoms with Crippen molar-refractivity contribution in [2.24, 2.45) is 9.98 Å². The number of benzene rings is 4. The lowest BCUT2D eigenvalue weighted by molar-refractivity contribution is -0.114. The molecule has 0 unspecified atom stereocenters. The van der Waals surface area contributed by atoms with Gasteiger partial charge in [0.05, 0.1) is 11.4 Å². The first kappa shape index (κ1) is 26.7. The predicted molar refractivity (Wildman–Crippen MR) is 168 cm³/mol. The molecule has 2 aliphatic carbocycles. The van der Waals surface area contributed by atoms with Crippen LogP contribution < -0.4 is 0 Å². The number of amides is 2. The summed E-state index contributed by atoms with van der Waals surface area (Å²) in [5, 5.41) is 19.7. The number of rotatable bonds is 4. The average molecular weight is 547 g/mol. The molecule has 6 heteroatoms. The molecule has 0 spiro atoms. The molecule has 42 heavy (non-hydrogen) atoms. The fourth-order valence-corrected chi connectivity index (χ4v) is 6.24. The maximum atomic E-state index is 12.3. The Labute approximate surface area is 243 Å². The minimum absolute atomic E-state index is 0.0254. The molecule has 4 aromatic carbocycles. The average Bonchev–Trinajstić information content (AvgIpc) is 3.70. The van der Waals surface area contributed by atoms with Crippen LogP contribution in [-0.4, -0.2) is 29.1 Å². The van der Waals surface area contributed by atoms with Crippen molar-refractivity contribution in [2.45, 2.75) is 32.6 Å². The molecule has 0 aromatic heterocycles. The summed E-state index contributed by atoms with van der Waals surface area (Å²) in [4.78, 5) is 32.3. The highest BCUT2D eigenvalue weighted by molar-refractivity contribution is 6.50. The summed E-state index contributed by atoms with van der Waals surface area (Å²) >= 11 is 0. The Morgan fingerprint density at radius 2 is 1.21 bits per heavy atom. The molecule has 2 aliphatic heterocycles. The summed E-state index contributed by atoms with van der Waals surface area (Å²) in [5.41, 5.74) is 8.66. The topological polar surface area (TPSA) is 106 Å². The van der Waals surface area contributed by atoms with E-state index in [0.29, 0.717) is 11.3 Å². The van der Waals surface area contributed by atoms with E-state index in [1.165, 1.54) is 22.8 Å². The van der Waals surface area contributed by atoms with E-state index in [1.54, 1.807) is 5.87 Å². The number of unbranched alkanes of at least 4 members (excludes halogenated alkanes) is 2. The van der Waals surface area contributed by atoms with E-state index in [4.69, 9.17) is 10.7 Å². The second-order valence-corrected chi connectivity index (χ2v) is 10.3. The summed E-state index contributed by atoms with van der Waals surface area (Å²) < 4.78 is 0. The molecule has 4 aromatic rings. The quantitative estimate of drug-likeness (QED) is 0.213. The molecule has 0 fully saturated rings. The van der Waals surface area contributed by atoms with Gasteiger partial charge in [0.15, 0.2) is 0 Å². The van der Waals surface area contributed by atoms with Crippen molar-refractivity contribution in [1.82, 2.24) is 0 Å². The molecule has 2 amide bonds. The van der Waals surface area contributed by atoms with Crippen LogP contribution in [0.1, 0.15) is 54.9 Å². The van der Waals surface area contributed by atoms with Gasteiger partial charge in [0.25, 0.3) is 11.8 Å². The fraction of sp³-hybridized carbons (Fsp3) is 0.139. The molecular weight excluding hydrogens is 520 g/mol. The van der Waals surface area contributed by atoms with E-state index in [1.807, 2.05) is 48.5 Å². The first-order chi connectivity index (χ1) is 20.5. The minimum atomic E-state index is -0.422. The molecule has 8 rings (SSSR count). The highest BCUT2D eigenvalue weighted by Gasteiger charge is 2.36. The van der Waals surface area contributed by atoms with Crippen LogP contribution in [0, 0.1) is 16.7 Å². The van der Waals surface area contributed by atoms with Crippen LogP contribution in [0.2, 0.25) is 0 Å². The van der Waals surface area contributed by atoms with Gasteiger partial charge in [-0.15, -0.1) is 0 Å². The largest absolute Gasteiger partial charge is 0.288 e. The van der Waals surface area contributed by atoms with Crippen LogP contribution >= 0.6 is 0 Å². The lowest BCUT2D eigenvalue weighted by atomic mass is 9.97. The summed E-state index contributed by atoms with van der Waals surface area (Å²) in [7, 11) is 0. The van der Waals surface area contributed by atoms with Crippen molar-refractivity contribution in [1.29, 1.82) is 10.7 Å². The Balaban J connectivity index is 0.000000139. The summed E-state index contributed by atoms with van der Waals surface area (Å²) in [6, 6.07) is 26.4. The Kier molecular flexibility index (Phi) is 6.88. The molecule has 2 heterocycles. The van der Waals surface area contributed by atoms with Gasteiger partial charge in [0.2, 0.25) is 0 Å².